The van der Waals surface area contributed by atoms with E-state index >= 15 is 0 Å². The van der Waals surface area contributed by atoms with Gasteiger partial charge in [-0.25, -0.2) is 0 Å². The Morgan fingerprint density at radius 3 is 2.38 bits per heavy atom. The number of unbranched alkanes of at least 4 members (excludes halogenated alkanes) is 1. The molecule has 0 spiro atoms. The molecule has 1 heterocycles. The van der Waals surface area contributed by atoms with Crippen molar-refractivity contribution in [2.75, 3.05) is 33.2 Å². The molecule has 126 valence electrons. The SMILES string of the molecule is CCCCN(C(C)CC)S(=O)(=O)N1CCC(CNC)CC1. The number of nitrogens with one attached hydrogen (secondary N) is 1. The fourth-order valence-electron chi connectivity index (χ4n) is 2.86. The monoisotopic (exact) mass is 319 g/mol. The van der Waals surface area contributed by atoms with Gasteiger partial charge < -0.3 is 5.32 Å². The van der Waals surface area contributed by atoms with Crippen LogP contribution in [-0.4, -0.2) is 56.3 Å². The lowest BCUT2D eigenvalue weighted by Crippen LogP contribution is -2.50. The van der Waals surface area contributed by atoms with Crippen molar-refractivity contribution < 1.29 is 8.42 Å². The van der Waals surface area contributed by atoms with Crippen molar-refractivity contribution in [2.45, 2.75) is 58.9 Å². The molecule has 0 aromatic rings. The molecule has 1 aliphatic rings. The van der Waals surface area contributed by atoms with E-state index in [-0.39, 0.29) is 6.04 Å². The number of hydrogen-bond acceptors (Lipinski definition) is 3. The lowest BCUT2D eigenvalue weighted by molar-refractivity contribution is 0.236. The molecule has 0 saturated carbocycles. The summed E-state index contributed by atoms with van der Waals surface area (Å²) in [6.07, 6.45) is 4.73. The van der Waals surface area contributed by atoms with Crippen LogP contribution >= 0.6 is 0 Å². The Bertz CT molecular complexity index is 378. The maximum atomic E-state index is 12.9. The molecule has 1 rings (SSSR count). The molecule has 1 N–H and O–H groups in total. The third-order valence-electron chi connectivity index (χ3n) is 4.50. The van der Waals surface area contributed by atoms with Gasteiger partial charge in [-0.2, -0.15) is 17.0 Å². The van der Waals surface area contributed by atoms with Crippen molar-refractivity contribution in [1.29, 1.82) is 0 Å². The molecule has 1 aliphatic heterocycles. The second kappa shape index (κ2) is 9.08. The third-order valence-corrected chi connectivity index (χ3v) is 6.66. The second-order valence-corrected chi connectivity index (χ2v) is 8.01. The van der Waals surface area contributed by atoms with Crippen LogP contribution in [0, 0.1) is 5.92 Å². The zero-order valence-electron chi connectivity index (χ0n) is 14.1. The summed E-state index contributed by atoms with van der Waals surface area (Å²) < 4.78 is 29.2. The standard InChI is InChI=1S/C15H33N3O2S/c1-5-7-10-18(14(3)6-2)21(19,20)17-11-8-15(9-12-17)13-16-4/h14-16H,5-13H2,1-4H3. The average molecular weight is 320 g/mol. The van der Waals surface area contributed by atoms with Crippen LogP contribution in [0.5, 0.6) is 0 Å². The van der Waals surface area contributed by atoms with Gasteiger partial charge in [-0.1, -0.05) is 20.3 Å². The number of piperidine rings is 1. The normalized spacial score (nSPS) is 20.0. The number of hydrogen-bond donors (Lipinski definition) is 1. The Kier molecular flexibility index (Phi) is 8.16. The summed E-state index contributed by atoms with van der Waals surface area (Å²) >= 11 is 0. The van der Waals surface area contributed by atoms with Gasteiger partial charge in [0.2, 0.25) is 0 Å². The minimum Gasteiger partial charge on any atom is -0.319 e. The summed E-state index contributed by atoms with van der Waals surface area (Å²) in [6.45, 7) is 9.12. The zero-order chi connectivity index (χ0) is 15.9. The Labute approximate surface area is 131 Å². The van der Waals surface area contributed by atoms with Gasteiger partial charge in [0.1, 0.15) is 0 Å². The van der Waals surface area contributed by atoms with Gasteiger partial charge in [0.25, 0.3) is 10.2 Å². The quantitative estimate of drug-likeness (QED) is 0.708. The molecule has 1 unspecified atom stereocenters. The predicted molar refractivity (Wildman–Crippen MR) is 88.5 cm³/mol. The van der Waals surface area contributed by atoms with Crippen molar-refractivity contribution in [3.63, 3.8) is 0 Å². The van der Waals surface area contributed by atoms with Crippen molar-refractivity contribution in [1.82, 2.24) is 13.9 Å². The number of nitrogens with zero attached hydrogens (tertiary/aromatic N) is 2. The van der Waals surface area contributed by atoms with Crippen molar-refractivity contribution in [3.8, 4) is 0 Å². The first kappa shape index (κ1) is 18.9. The maximum absolute atomic E-state index is 12.9. The molecule has 0 aromatic carbocycles. The molecule has 0 bridgehead atoms. The average Bonchev–Trinajstić information content (AvgIpc) is 2.48. The van der Waals surface area contributed by atoms with Gasteiger partial charge in [0, 0.05) is 25.7 Å². The fraction of sp³-hybridized carbons (Fsp3) is 1.00. The largest absolute Gasteiger partial charge is 0.319 e. The van der Waals surface area contributed by atoms with Gasteiger partial charge in [-0.05, 0) is 52.1 Å². The predicted octanol–water partition coefficient (Wildman–Crippen LogP) is 2.06. The molecule has 0 aliphatic carbocycles. The fourth-order valence-corrected chi connectivity index (χ4v) is 4.79. The molecular formula is C15H33N3O2S. The Balaban J connectivity index is 2.72. The van der Waals surface area contributed by atoms with E-state index in [1.165, 1.54) is 0 Å². The van der Waals surface area contributed by atoms with Crippen LogP contribution in [0.4, 0.5) is 0 Å². The van der Waals surface area contributed by atoms with E-state index in [0.717, 1.165) is 38.6 Å². The molecule has 0 aromatic heterocycles. The highest BCUT2D eigenvalue weighted by Gasteiger charge is 2.34. The van der Waals surface area contributed by atoms with Crippen molar-refractivity contribution >= 4 is 10.2 Å². The maximum Gasteiger partial charge on any atom is 0.282 e. The first-order valence-corrected chi connectivity index (χ1v) is 9.78. The molecule has 5 nitrogen and oxygen atoms in total. The van der Waals surface area contributed by atoms with Gasteiger partial charge in [0.15, 0.2) is 0 Å². The van der Waals surface area contributed by atoms with E-state index in [4.69, 9.17) is 0 Å². The van der Waals surface area contributed by atoms with E-state index in [9.17, 15) is 8.42 Å². The van der Waals surface area contributed by atoms with Crippen LogP contribution in [-0.2, 0) is 10.2 Å². The molecule has 21 heavy (non-hydrogen) atoms. The molecular weight excluding hydrogens is 286 g/mol. The van der Waals surface area contributed by atoms with Gasteiger partial charge in [-0.3, -0.25) is 0 Å². The summed E-state index contributed by atoms with van der Waals surface area (Å²) in [4.78, 5) is 0. The Morgan fingerprint density at radius 1 is 1.29 bits per heavy atom. The summed E-state index contributed by atoms with van der Waals surface area (Å²) in [5, 5.41) is 3.19. The third kappa shape index (κ3) is 5.20. The van der Waals surface area contributed by atoms with E-state index in [2.05, 4.69) is 19.2 Å². The Hall–Kier alpha value is -0.170. The molecule has 1 fully saturated rings. The summed E-state index contributed by atoms with van der Waals surface area (Å²) in [5.74, 6) is 0.606. The van der Waals surface area contributed by atoms with Crippen LogP contribution in [0.1, 0.15) is 52.9 Å². The smallest absolute Gasteiger partial charge is 0.282 e. The molecule has 0 amide bonds. The van der Waals surface area contributed by atoms with E-state index in [1.807, 2.05) is 14.0 Å². The van der Waals surface area contributed by atoms with E-state index < -0.39 is 10.2 Å². The van der Waals surface area contributed by atoms with Gasteiger partial charge in [-0.15, -0.1) is 0 Å². The van der Waals surface area contributed by atoms with E-state index in [1.54, 1.807) is 8.61 Å². The highest BCUT2D eigenvalue weighted by molar-refractivity contribution is 7.86. The van der Waals surface area contributed by atoms with Crippen LogP contribution in [0.15, 0.2) is 0 Å². The van der Waals surface area contributed by atoms with Crippen LogP contribution in [0.2, 0.25) is 0 Å². The molecule has 6 heteroatoms. The molecule has 1 atom stereocenters. The molecule has 1 saturated heterocycles. The number of rotatable bonds is 9. The van der Waals surface area contributed by atoms with Crippen LogP contribution < -0.4 is 5.32 Å². The summed E-state index contributed by atoms with van der Waals surface area (Å²) in [5.41, 5.74) is 0. The van der Waals surface area contributed by atoms with Crippen LogP contribution in [0.3, 0.4) is 0 Å². The van der Waals surface area contributed by atoms with Crippen LogP contribution in [0.25, 0.3) is 0 Å². The lowest BCUT2D eigenvalue weighted by atomic mass is 9.98. The highest BCUT2D eigenvalue weighted by Crippen LogP contribution is 2.23. The van der Waals surface area contributed by atoms with Gasteiger partial charge in [0.05, 0.1) is 0 Å². The van der Waals surface area contributed by atoms with Crippen molar-refractivity contribution in [2.24, 2.45) is 5.92 Å². The topological polar surface area (TPSA) is 52.7 Å². The van der Waals surface area contributed by atoms with Gasteiger partial charge >= 0.3 is 0 Å². The zero-order valence-corrected chi connectivity index (χ0v) is 15.0. The van der Waals surface area contributed by atoms with Crippen molar-refractivity contribution in [3.05, 3.63) is 0 Å². The minimum absolute atomic E-state index is 0.0802. The lowest BCUT2D eigenvalue weighted by Gasteiger charge is -2.37. The second-order valence-electron chi connectivity index (χ2n) is 6.13. The first-order chi connectivity index (χ1) is 9.97. The Morgan fingerprint density at radius 2 is 1.90 bits per heavy atom. The van der Waals surface area contributed by atoms with E-state index in [0.29, 0.717) is 25.6 Å². The first-order valence-electron chi connectivity index (χ1n) is 8.38. The molecule has 0 radical (unpaired) electrons. The summed E-state index contributed by atoms with van der Waals surface area (Å²) in [6, 6.07) is 0.0802. The summed E-state index contributed by atoms with van der Waals surface area (Å²) in [7, 11) is -1.34. The highest BCUT2D eigenvalue weighted by atomic mass is 32.2. The minimum atomic E-state index is -3.30.